The quantitative estimate of drug-likeness (QED) is 0.548. The minimum Gasteiger partial charge on any atom is -0.281 e. The molecule has 98 valence electrons. The molecule has 2 aromatic carbocycles. The Balaban J connectivity index is 2.20. The minimum atomic E-state index is -0.330. The van der Waals surface area contributed by atoms with Crippen molar-refractivity contribution in [1.29, 1.82) is 0 Å². The van der Waals surface area contributed by atoms with Crippen LogP contribution in [-0.4, -0.2) is 5.24 Å². The van der Waals surface area contributed by atoms with Gasteiger partial charge in [0.25, 0.3) is 0 Å². The lowest BCUT2D eigenvalue weighted by atomic mass is 10.1. The van der Waals surface area contributed by atoms with E-state index in [0.717, 1.165) is 10.5 Å². The number of hydrogen-bond donors (Lipinski definition) is 0. The normalized spacial score (nSPS) is 12.1. The smallest absolute Gasteiger partial charge is 0.223 e. The van der Waals surface area contributed by atoms with Crippen molar-refractivity contribution in [3.63, 3.8) is 0 Å². The summed E-state index contributed by atoms with van der Waals surface area (Å²) >= 11 is 13.1. The van der Waals surface area contributed by atoms with Crippen LogP contribution >= 0.6 is 35.0 Å². The zero-order valence-electron chi connectivity index (χ0n) is 10.1. The van der Waals surface area contributed by atoms with Crippen molar-refractivity contribution in [3.8, 4) is 0 Å². The number of halogens is 2. The molecular formula is C15H12Cl2OS. The third-order valence-electron chi connectivity index (χ3n) is 2.61. The predicted molar refractivity (Wildman–Crippen MR) is 82.0 cm³/mol. The van der Waals surface area contributed by atoms with Crippen molar-refractivity contribution in [2.45, 2.75) is 16.6 Å². The van der Waals surface area contributed by atoms with Gasteiger partial charge in [-0.2, -0.15) is 0 Å². The van der Waals surface area contributed by atoms with Crippen molar-refractivity contribution in [2.75, 3.05) is 0 Å². The zero-order chi connectivity index (χ0) is 13.7. The maximum Gasteiger partial charge on any atom is 0.223 e. The predicted octanol–water partition coefficient (Wildman–Crippen LogP) is 5.33. The third-order valence-corrected chi connectivity index (χ3v) is 4.28. The second kappa shape index (κ2) is 6.99. The first kappa shape index (κ1) is 14.4. The van der Waals surface area contributed by atoms with Gasteiger partial charge in [-0.1, -0.05) is 41.9 Å². The average molecular weight is 311 g/mol. The number of benzene rings is 2. The number of rotatable bonds is 5. The number of thioether (sulfide) groups is 1. The van der Waals surface area contributed by atoms with Crippen LogP contribution in [0.2, 0.25) is 5.02 Å². The monoisotopic (exact) mass is 310 g/mol. The maximum atomic E-state index is 11.2. The Morgan fingerprint density at radius 1 is 1.05 bits per heavy atom. The summed E-state index contributed by atoms with van der Waals surface area (Å²) in [6.07, 6.45) is 0.294. The molecule has 1 unspecified atom stereocenters. The van der Waals surface area contributed by atoms with Gasteiger partial charge in [0, 0.05) is 21.6 Å². The van der Waals surface area contributed by atoms with Crippen LogP contribution < -0.4 is 0 Å². The summed E-state index contributed by atoms with van der Waals surface area (Å²) in [6, 6.07) is 17.5. The summed E-state index contributed by atoms with van der Waals surface area (Å²) < 4.78 is 0. The van der Waals surface area contributed by atoms with E-state index in [4.69, 9.17) is 23.2 Å². The highest BCUT2D eigenvalue weighted by molar-refractivity contribution is 7.99. The fourth-order valence-corrected chi connectivity index (χ4v) is 3.26. The van der Waals surface area contributed by atoms with Crippen LogP contribution in [0.3, 0.4) is 0 Å². The van der Waals surface area contributed by atoms with E-state index in [0.29, 0.717) is 11.4 Å². The van der Waals surface area contributed by atoms with Crippen LogP contribution in [0.5, 0.6) is 0 Å². The van der Waals surface area contributed by atoms with Crippen LogP contribution in [0.15, 0.2) is 59.5 Å². The lowest BCUT2D eigenvalue weighted by Crippen LogP contribution is -1.99. The molecule has 0 saturated carbocycles. The van der Waals surface area contributed by atoms with E-state index in [1.165, 1.54) is 0 Å². The highest BCUT2D eigenvalue weighted by Gasteiger charge is 2.16. The van der Waals surface area contributed by atoms with Crippen LogP contribution in [-0.2, 0) is 4.79 Å². The van der Waals surface area contributed by atoms with Crippen molar-refractivity contribution < 1.29 is 4.79 Å². The van der Waals surface area contributed by atoms with Gasteiger partial charge in [-0.15, -0.1) is 11.8 Å². The van der Waals surface area contributed by atoms with Gasteiger partial charge in [0.15, 0.2) is 0 Å². The maximum absolute atomic E-state index is 11.2. The Morgan fingerprint density at radius 2 is 1.68 bits per heavy atom. The van der Waals surface area contributed by atoms with Crippen molar-refractivity contribution in [2.24, 2.45) is 0 Å². The first-order valence-electron chi connectivity index (χ1n) is 5.80. The van der Waals surface area contributed by atoms with E-state index < -0.39 is 0 Å². The average Bonchev–Trinajstić information content (AvgIpc) is 2.39. The van der Waals surface area contributed by atoms with E-state index in [1.807, 2.05) is 54.6 Å². The van der Waals surface area contributed by atoms with Crippen molar-refractivity contribution >= 4 is 40.2 Å². The molecule has 1 atom stereocenters. The lowest BCUT2D eigenvalue weighted by molar-refractivity contribution is -0.111. The zero-order valence-corrected chi connectivity index (χ0v) is 12.4. The summed E-state index contributed by atoms with van der Waals surface area (Å²) in [5, 5.41) is 0.359. The molecule has 19 heavy (non-hydrogen) atoms. The molecule has 0 spiro atoms. The molecule has 0 aliphatic carbocycles. The Kier molecular flexibility index (Phi) is 5.32. The van der Waals surface area contributed by atoms with Gasteiger partial charge in [0.05, 0.1) is 0 Å². The van der Waals surface area contributed by atoms with E-state index in [2.05, 4.69) is 0 Å². The third kappa shape index (κ3) is 4.57. The van der Waals surface area contributed by atoms with Crippen LogP contribution in [0.25, 0.3) is 0 Å². The summed E-state index contributed by atoms with van der Waals surface area (Å²) in [5.41, 5.74) is 1.05. The minimum absolute atomic E-state index is 0.00432. The second-order valence-corrected chi connectivity index (χ2v) is 6.16. The molecule has 1 nitrogen and oxygen atoms in total. The summed E-state index contributed by atoms with van der Waals surface area (Å²) in [4.78, 5) is 12.3. The van der Waals surface area contributed by atoms with Crippen LogP contribution in [0, 0.1) is 0 Å². The molecule has 2 aromatic rings. The number of hydrogen-bond acceptors (Lipinski definition) is 2. The number of carbonyl (C=O) groups excluding carboxylic acids is 1. The molecular weight excluding hydrogens is 299 g/mol. The molecule has 0 aliphatic heterocycles. The molecule has 0 bridgehead atoms. The molecule has 0 aromatic heterocycles. The second-order valence-electron chi connectivity index (χ2n) is 4.03. The highest BCUT2D eigenvalue weighted by Crippen LogP contribution is 2.38. The Labute approximate surface area is 126 Å². The van der Waals surface area contributed by atoms with Gasteiger partial charge in [-0.25, -0.2) is 0 Å². The Hall–Kier alpha value is -0.960. The fraction of sp³-hybridized carbons (Fsp3) is 0.133. The standard InChI is InChI=1S/C15H12Cl2OS/c16-12-8-6-11(7-9-12)14(10-15(17)18)19-13-4-2-1-3-5-13/h1-9,14H,10H2. The first-order valence-corrected chi connectivity index (χ1v) is 7.44. The van der Waals surface area contributed by atoms with Gasteiger partial charge in [0.2, 0.25) is 5.24 Å². The van der Waals surface area contributed by atoms with E-state index in [-0.39, 0.29) is 10.5 Å². The lowest BCUT2D eigenvalue weighted by Gasteiger charge is -2.15. The Morgan fingerprint density at radius 3 is 2.26 bits per heavy atom. The topological polar surface area (TPSA) is 17.1 Å². The molecule has 0 amide bonds. The van der Waals surface area contributed by atoms with Gasteiger partial charge >= 0.3 is 0 Å². The van der Waals surface area contributed by atoms with Gasteiger partial charge < -0.3 is 0 Å². The van der Waals surface area contributed by atoms with Crippen LogP contribution in [0.1, 0.15) is 17.2 Å². The summed E-state index contributed by atoms with van der Waals surface area (Å²) in [5.74, 6) is 0. The molecule has 0 N–H and O–H groups in total. The van der Waals surface area contributed by atoms with E-state index in [1.54, 1.807) is 11.8 Å². The SMILES string of the molecule is O=C(Cl)CC(Sc1ccccc1)c1ccc(Cl)cc1. The van der Waals surface area contributed by atoms with Crippen molar-refractivity contribution in [3.05, 3.63) is 65.2 Å². The van der Waals surface area contributed by atoms with Gasteiger partial charge in [-0.3, -0.25) is 4.79 Å². The molecule has 4 heteroatoms. The molecule has 0 aliphatic rings. The van der Waals surface area contributed by atoms with Gasteiger partial charge in [0.1, 0.15) is 0 Å². The molecule has 0 fully saturated rings. The summed E-state index contributed by atoms with van der Waals surface area (Å²) in [6.45, 7) is 0. The molecule has 2 rings (SSSR count). The molecule has 0 heterocycles. The van der Waals surface area contributed by atoms with Gasteiger partial charge in [-0.05, 0) is 41.4 Å². The van der Waals surface area contributed by atoms with Crippen LogP contribution in [0.4, 0.5) is 0 Å². The van der Waals surface area contributed by atoms with Crippen molar-refractivity contribution in [1.82, 2.24) is 0 Å². The first-order chi connectivity index (χ1) is 9.15. The highest BCUT2D eigenvalue weighted by atomic mass is 35.5. The Bertz CT molecular complexity index is 540. The van der Waals surface area contributed by atoms with E-state index in [9.17, 15) is 4.79 Å². The number of carbonyl (C=O) groups is 1. The molecule has 0 radical (unpaired) electrons. The molecule has 0 saturated heterocycles. The fourth-order valence-electron chi connectivity index (χ4n) is 1.71. The van der Waals surface area contributed by atoms with E-state index >= 15 is 0 Å². The summed E-state index contributed by atoms with van der Waals surface area (Å²) in [7, 11) is 0. The largest absolute Gasteiger partial charge is 0.281 e.